The Hall–Kier alpha value is -3.32. The molecular formula is C23H25F3N2O5. The van der Waals surface area contributed by atoms with E-state index in [0.717, 1.165) is 0 Å². The first-order valence-corrected chi connectivity index (χ1v) is 10.2. The van der Waals surface area contributed by atoms with E-state index < -0.39 is 50.0 Å². The fourth-order valence-electron chi connectivity index (χ4n) is 3.39. The van der Waals surface area contributed by atoms with Gasteiger partial charge < -0.3 is 19.5 Å². The van der Waals surface area contributed by atoms with E-state index in [-0.39, 0.29) is 11.1 Å². The number of benzene rings is 1. The molecule has 178 valence electrons. The van der Waals surface area contributed by atoms with E-state index in [4.69, 9.17) is 9.47 Å². The van der Waals surface area contributed by atoms with Crippen LogP contribution in [0.3, 0.4) is 0 Å². The first kappa shape index (κ1) is 25.9. The van der Waals surface area contributed by atoms with Crippen LogP contribution < -0.4 is 5.32 Å². The molecule has 1 aromatic carbocycles. The van der Waals surface area contributed by atoms with Crippen molar-refractivity contribution in [1.29, 1.82) is 5.26 Å². The van der Waals surface area contributed by atoms with E-state index in [2.05, 4.69) is 10.1 Å². The Labute approximate surface area is 189 Å². The van der Waals surface area contributed by atoms with Crippen molar-refractivity contribution < 1.29 is 37.0 Å². The number of carbonyl (C=O) groups is 2. The zero-order chi connectivity index (χ0) is 24.8. The molecule has 1 aliphatic rings. The molecule has 0 bridgehead atoms. The molecule has 0 amide bonds. The van der Waals surface area contributed by atoms with E-state index >= 15 is 0 Å². The third-order valence-electron chi connectivity index (χ3n) is 4.62. The van der Waals surface area contributed by atoms with Gasteiger partial charge in [-0.25, -0.2) is 9.59 Å². The van der Waals surface area contributed by atoms with Crippen LogP contribution >= 0.6 is 0 Å². The summed E-state index contributed by atoms with van der Waals surface area (Å²) in [5, 5.41) is 12.3. The molecule has 1 atom stereocenters. The van der Waals surface area contributed by atoms with Gasteiger partial charge in [-0.2, -0.15) is 18.4 Å². The van der Waals surface area contributed by atoms with Crippen molar-refractivity contribution in [3.8, 4) is 6.07 Å². The molecule has 1 heterocycles. The summed E-state index contributed by atoms with van der Waals surface area (Å²) in [4.78, 5) is 25.9. The Balaban J connectivity index is 2.38. The maximum absolute atomic E-state index is 13.0. The smallest absolute Gasteiger partial charge is 0.411 e. The van der Waals surface area contributed by atoms with Crippen LogP contribution in [-0.4, -0.2) is 44.0 Å². The number of rotatable bonds is 8. The first-order valence-electron chi connectivity index (χ1n) is 10.2. The van der Waals surface area contributed by atoms with Gasteiger partial charge in [0.1, 0.15) is 13.2 Å². The highest BCUT2D eigenvalue weighted by Crippen LogP contribution is 2.39. The number of alkyl halides is 3. The normalized spacial score (nSPS) is 16.4. The van der Waals surface area contributed by atoms with Crippen molar-refractivity contribution >= 4 is 11.9 Å². The molecule has 0 aliphatic carbocycles. The SMILES string of the molecule is CC1=C(C(=O)OCCOCC(F)(F)F)C(c2cccc(C#N)c2)C(C(=O)OC(C)C)=C(C)N1. The molecule has 7 nitrogen and oxygen atoms in total. The summed E-state index contributed by atoms with van der Waals surface area (Å²) in [5.74, 6) is -2.38. The minimum Gasteiger partial charge on any atom is -0.460 e. The molecule has 0 saturated heterocycles. The van der Waals surface area contributed by atoms with Crippen LogP contribution in [0.4, 0.5) is 13.2 Å². The van der Waals surface area contributed by atoms with Crippen LogP contribution in [0, 0.1) is 11.3 Å². The van der Waals surface area contributed by atoms with E-state index in [1.165, 1.54) is 0 Å². The van der Waals surface area contributed by atoms with Gasteiger partial charge >= 0.3 is 18.1 Å². The van der Waals surface area contributed by atoms with Gasteiger partial charge in [0.15, 0.2) is 0 Å². The number of halogens is 3. The number of dihydropyridines is 1. The van der Waals surface area contributed by atoms with Crippen molar-refractivity contribution in [1.82, 2.24) is 5.32 Å². The number of ether oxygens (including phenoxy) is 3. The number of nitrogens with one attached hydrogen (secondary N) is 1. The third-order valence-corrected chi connectivity index (χ3v) is 4.62. The summed E-state index contributed by atoms with van der Waals surface area (Å²) >= 11 is 0. The molecule has 0 fully saturated rings. The third kappa shape index (κ3) is 7.08. The number of nitriles is 1. The maximum Gasteiger partial charge on any atom is 0.411 e. The standard InChI is InChI=1S/C23H25F3N2O5/c1-13(2)33-22(30)19-15(4)28-14(3)18(20(19)17-7-5-6-16(10-17)11-27)21(29)32-9-8-31-12-23(24,25)26/h5-7,10,13,20,28H,8-9,12H2,1-4H3. The van der Waals surface area contributed by atoms with Crippen molar-refractivity contribution in [3.05, 3.63) is 57.9 Å². The van der Waals surface area contributed by atoms with Crippen LogP contribution in [0.2, 0.25) is 0 Å². The number of nitrogens with zero attached hydrogens (tertiary/aromatic N) is 1. The van der Waals surface area contributed by atoms with Crippen molar-refractivity contribution in [2.24, 2.45) is 0 Å². The molecule has 2 rings (SSSR count). The van der Waals surface area contributed by atoms with E-state index in [1.54, 1.807) is 52.0 Å². The van der Waals surface area contributed by atoms with Crippen molar-refractivity contribution in [3.63, 3.8) is 0 Å². The van der Waals surface area contributed by atoms with Gasteiger partial charge in [0, 0.05) is 11.4 Å². The summed E-state index contributed by atoms with van der Waals surface area (Å²) in [7, 11) is 0. The van der Waals surface area contributed by atoms with Gasteiger partial charge in [0.25, 0.3) is 0 Å². The highest BCUT2D eigenvalue weighted by molar-refractivity contribution is 6.00. The highest BCUT2D eigenvalue weighted by atomic mass is 19.4. The number of hydrogen-bond donors (Lipinski definition) is 1. The molecule has 0 spiro atoms. The minimum absolute atomic E-state index is 0.0854. The van der Waals surface area contributed by atoms with E-state index in [0.29, 0.717) is 22.5 Å². The Morgan fingerprint density at radius 2 is 1.76 bits per heavy atom. The average Bonchev–Trinajstić information content (AvgIpc) is 2.71. The average molecular weight is 466 g/mol. The van der Waals surface area contributed by atoms with Gasteiger partial charge in [-0.05, 0) is 45.4 Å². The van der Waals surface area contributed by atoms with Gasteiger partial charge in [-0.15, -0.1) is 0 Å². The maximum atomic E-state index is 13.0. The molecule has 1 unspecified atom stereocenters. The molecule has 1 aliphatic heterocycles. The Bertz CT molecular complexity index is 1010. The second-order valence-electron chi connectivity index (χ2n) is 7.63. The highest BCUT2D eigenvalue weighted by Gasteiger charge is 2.38. The molecular weight excluding hydrogens is 441 g/mol. The second-order valence-corrected chi connectivity index (χ2v) is 7.63. The summed E-state index contributed by atoms with van der Waals surface area (Å²) in [6, 6.07) is 8.45. The second kappa shape index (κ2) is 11.0. The summed E-state index contributed by atoms with van der Waals surface area (Å²) < 4.78 is 51.6. The number of allylic oxidation sites excluding steroid dienone is 2. The van der Waals surface area contributed by atoms with E-state index in [9.17, 15) is 28.0 Å². The van der Waals surface area contributed by atoms with Gasteiger partial charge in [0.05, 0.1) is 41.4 Å². The monoisotopic (exact) mass is 466 g/mol. The molecule has 0 aromatic heterocycles. The fourth-order valence-corrected chi connectivity index (χ4v) is 3.39. The molecule has 1 N–H and O–H groups in total. The Morgan fingerprint density at radius 1 is 1.12 bits per heavy atom. The van der Waals surface area contributed by atoms with Crippen LogP contribution in [0.15, 0.2) is 46.8 Å². The van der Waals surface area contributed by atoms with Crippen molar-refractivity contribution in [2.75, 3.05) is 19.8 Å². The largest absolute Gasteiger partial charge is 0.460 e. The number of carbonyl (C=O) groups excluding carboxylic acids is 2. The first-order chi connectivity index (χ1) is 15.4. The summed E-state index contributed by atoms with van der Waals surface area (Å²) in [6.07, 6.45) is -4.90. The molecule has 0 saturated carbocycles. The lowest BCUT2D eigenvalue weighted by molar-refractivity contribution is -0.177. The van der Waals surface area contributed by atoms with Crippen LogP contribution in [0.25, 0.3) is 0 Å². The molecule has 10 heteroatoms. The quantitative estimate of drug-likeness (QED) is 0.459. The van der Waals surface area contributed by atoms with Crippen LogP contribution in [0.5, 0.6) is 0 Å². The molecule has 0 radical (unpaired) electrons. The molecule has 33 heavy (non-hydrogen) atoms. The minimum atomic E-state index is -4.48. The lowest BCUT2D eigenvalue weighted by atomic mass is 9.80. The Kier molecular flexibility index (Phi) is 8.65. The lowest BCUT2D eigenvalue weighted by Crippen LogP contribution is -2.33. The fraction of sp³-hybridized carbons (Fsp3) is 0.435. The topological polar surface area (TPSA) is 97.7 Å². The van der Waals surface area contributed by atoms with Crippen molar-refractivity contribution in [2.45, 2.75) is 45.9 Å². The van der Waals surface area contributed by atoms with Crippen LogP contribution in [-0.2, 0) is 23.8 Å². The zero-order valence-electron chi connectivity index (χ0n) is 18.7. The lowest BCUT2D eigenvalue weighted by Gasteiger charge is -2.31. The van der Waals surface area contributed by atoms with Gasteiger partial charge in [-0.1, -0.05) is 12.1 Å². The number of hydrogen-bond acceptors (Lipinski definition) is 7. The van der Waals surface area contributed by atoms with Gasteiger partial charge in [0.2, 0.25) is 0 Å². The Morgan fingerprint density at radius 3 is 2.33 bits per heavy atom. The van der Waals surface area contributed by atoms with E-state index in [1.807, 2.05) is 6.07 Å². The van der Waals surface area contributed by atoms with Gasteiger partial charge in [-0.3, -0.25) is 0 Å². The summed E-state index contributed by atoms with van der Waals surface area (Å²) in [5.41, 5.74) is 1.95. The predicted octanol–water partition coefficient (Wildman–Crippen LogP) is 3.87. The molecule has 1 aromatic rings. The predicted molar refractivity (Wildman–Crippen MR) is 111 cm³/mol. The number of esters is 2. The zero-order valence-corrected chi connectivity index (χ0v) is 18.7. The van der Waals surface area contributed by atoms with Crippen LogP contribution in [0.1, 0.15) is 44.7 Å². The summed E-state index contributed by atoms with van der Waals surface area (Å²) in [6.45, 7) is 4.34.